The number of fused-ring (bicyclic) bond motifs is 2. The van der Waals surface area contributed by atoms with Crippen molar-refractivity contribution >= 4 is 22.5 Å². The number of nitrogens with one attached hydrogen (secondary N) is 1. The monoisotopic (exact) mass is 385 g/mol. The number of amides is 1. The molecule has 5 nitrogen and oxygen atoms in total. The third-order valence-corrected chi connectivity index (χ3v) is 6.00. The van der Waals surface area contributed by atoms with Crippen molar-refractivity contribution in [3.05, 3.63) is 65.5 Å². The minimum atomic E-state index is -0.135. The fraction of sp³-hybridized carbons (Fsp3) is 0.292. The molecule has 2 aliphatic rings. The van der Waals surface area contributed by atoms with E-state index in [0.29, 0.717) is 23.4 Å². The quantitative estimate of drug-likeness (QED) is 0.582. The molecule has 5 rings (SSSR count). The number of aromatic nitrogens is 1. The largest absolute Gasteiger partial charge is 0.351 e. The van der Waals surface area contributed by atoms with E-state index in [-0.39, 0.29) is 11.7 Å². The van der Waals surface area contributed by atoms with Gasteiger partial charge in [0, 0.05) is 30.2 Å². The highest BCUT2D eigenvalue weighted by Gasteiger charge is 2.27. The summed E-state index contributed by atoms with van der Waals surface area (Å²) in [5.41, 5.74) is 3.48. The van der Waals surface area contributed by atoms with E-state index in [9.17, 15) is 9.59 Å². The van der Waals surface area contributed by atoms with Gasteiger partial charge < -0.3 is 10.2 Å². The minimum Gasteiger partial charge on any atom is -0.351 e. The molecule has 2 heterocycles. The van der Waals surface area contributed by atoms with Gasteiger partial charge in [0.2, 0.25) is 5.78 Å². The predicted molar refractivity (Wildman–Crippen MR) is 113 cm³/mol. The number of carbonyl (C=O) groups excluding carboxylic acids is 2. The lowest BCUT2D eigenvalue weighted by Crippen LogP contribution is -2.37. The van der Waals surface area contributed by atoms with Gasteiger partial charge in [-0.3, -0.25) is 14.6 Å². The van der Waals surface area contributed by atoms with Crippen LogP contribution < -0.4 is 5.32 Å². The molecular formula is C24H23N3O2. The number of carbonyl (C=O) groups is 2. The van der Waals surface area contributed by atoms with E-state index in [0.717, 1.165) is 41.5 Å². The summed E-state index contributed by atoms with van der Waals surface area (Å²) in [4.78, 5) is 32.7. The Morgan fingerprint density at radius 1 is 0.966 bits per heavy atom. The number of likely N-dealkylation sites (tertiary alicyclic amines) is 1. The van der Waals surface area contributed by atoms with Gasteiger partial charge in [-0.25, -0.2) is 0 Å². The average Bonchev–Trinajstić information content (AvgIpc) is 2.77. The van der Waals surface area contributed by atoms with E-state index in [2.05, 4.69) is 15.2 Å². The van der Waals surface area contributed by atoms with Crippen molar-refractivity contribution in [1.82, 2.24) is 15.2 Å². The van der Waals surface area contributed by atoms with Gasteiger partial charge in [0.1, 0.15) is 5.69 Å². The highest BCUT2D eigenvalue weighted by molar-refractivity contribution is 6.26. The maximum absolute atomic E-state index is 13.0. The van der Waals surface area contributed by atoms with E-state index >= 15 is 0 Å². The Morgan fingerprint density at radius 3 is 2.55 bits per heavy atom. The lowest BCUT2D eigenvalue weighted by atomic mass is 9.84. The first-order chi connectivity index (χ1) is 14.2. The zero-order valence-electron chi connectivity index (χ0n) is 16.3. The van der Waals surface area contributed by atoms with Crippen LogP contribution in [-0.4, -0.2) is 47.8 Å². The van der Waals surface area contributed by atoms with Crippen molar-refractivity contribution in [1.29, 1.82) is 0 Å². The number of benzene rings is 2. The number of hydrogen-bond acceptors (Lipinski definition) is 4. The second kappa shape index (κ2) is 7.41. The molecule has 1 aliphatic heterocycles. The smallest absolute Gasteiger partial charge is 0.253 e. The van der Waals surface area contributed by atoms with Gasteiger partial charge in [-0.1, -0.05) is 48.9 Å². The molecule has 1 amide bonds. The summed E-state index contributed by atoms with van der Waals surface area (Å²) >= 11 is 0. The Balaban J connectivity index is 1.47. The van der Waals surface area contributed by atoms with Crippen LogP contribution in [0.4, 0.5) is 0 Å². The normalized spacial score (nSPS) is 15.9. The fourth-order valence-electron chi connectivity index (χ4n) is 4.52. The molecule has 5 heteroatoms. The standard InChI is InChI=1S/C24H23N3O2/c28-23-19-8-3-2-7-16(19)17-9-6-10-18-20(15-26-22(23)21(17)18)24(29)25-11-14-27-12-4-1-5-13-27/h2-3,6-10,15H,1,4-5,11-14H2,(H,25,29). The Bertz CT molecular complexity index is 1120. The van der Waals surface area contributed by atoms with E-state index < -0.39 is 0 Å². The molecule has 0 radical (unpaired) electrons. The molecule has 1 aromatic heterocycles. The van der Waals surface area contributed by atoms with Crippen LogP contribution in [0, 0.1) is 0 Å². The number of pyridine rings is 1. The first-order valence-corrected chi connectivity index (χ1v) is 10.3. The lowest BCUT2D eigenvalue weighted by Gasteiger charge is -2.26. The van der Waals surface area contributed by atoms with Gasteiger partial charge in [0.25, 0.3) is 5.91 Å². The molecule has 0 unspecified atom stereocenters. The molecule has 0 atom stereocenters. The van der Waals surface area contributed by atoms with Gasteiger partial charge in [0.05, 0.1) is 5.56 Å². The van der Waals surface area contributed by atoms with Crippen molar-refractivity contribution in [2.45, 2.75) is 19.3 Å². The molecular weight excluding hydrogens is 362 g/mol. The molecule has 2 aromatic carbocycles. The number of ketones is 1. The van der Waals surface area contributed by atoms with Gasteiger partial charge in [-0.15, -0.1) is 0 Å². The van der Waals surface area contributed by atoms with Crippen molar-refractivity contribution in [2.75, 3.05) is 26.2 Å². The van der Waals surface area contributed by atoms with Gasteiger partial charge in [-0.05, 0) is 42.4 Å². The summed E-state index contributed by atoms with van der Waals surface area (Å²) in [6, 6.07) is 13.4. The van der Waals surface area contributed by atoms with Crippen molar-refractivity contribution < 1.29 is 9.59 Å². The Labute approximate surface area is 169 Å². The number of rotatable bonds is 4. The van der Waals surface area contributed by atoms with Crippen LogP contribution in [0.3, 0.4) is 0 Å². The molecule has 0 spiro atoms. The molecule has 3 aromatic rings. The summed E-state index contributed by atoms with van der Waals surface area (Å²) in [6.07, 6.45) is 5.32. The average molecular weight is 385 g/mol. The predicted octanol–water partition coefficient (Wildman–Crippen LogP) is 3.66. The van der Waals surface area contributed by atoms with Crippen LogP contribution in [0.25, 0.3) is 21.9 Å². The Morgan fingerprint density at radius 2 is 1.72 bits per heavy atom. The van der Waals surface area contributed by atoms with Crippen LogP contribution >= 0.6 is 0 Å². The number of hydrogen-bond donors (Lipinski definition) is 1. The minimum absolute atomic E-state index is 0.0821. The van der Waals surface area contributed by atoms with Crippen LogP contribution in [0.15, 0.2) is 48.7 Å². The second-order valence-corrected chi connectivity index (χ2v) is 7.78. The highest BCUT2D eigenvalue weighted by Crippen LogP contribution is 2.39. The van der Waals surface area contributed by atoms with Crippen molar-refractivity contribution in [3.8, 4) is 11.1 Å². The number of nitrogens with zero attached hydrogens (tertiary/aromatic N) is 2. The van der Waals surface area contributed by atoms with Gasteiger partial charge in [0.15, 0.2) is 0 Å². The molecule has 1 fully saturated rings. The Hall–Kier alpha value is -3.05. The van der Waals surface area contributed by atoms with E-state index in [1.165, 1.54) is 19.3 Å². The SMILES string of the molecule is O=C(NCCN1CCCCC1)c1cnc2c3c(cccc13)-c1ccccc1C2=O. The maximum atomic E-state index is 13.0. The van der Waals surface area contributed by atoms with Crippen LogP contribution in [0.5, 0.6) is 0 Å². The summed E-state index contributed by atoms with van der Waals surface area (Å²) in [5, 5.41) is 4.60. The van der Waals surface area contributed by atoms with Crippen molar-refractivity contribution in [3.63, 3.8) is 0 Å². The fourth-order valence-corrected chi connectivity index (χ4v) is 4.52. The second-order valence-electron chi connectivity index (χ2n) is 7.78. The summed E-state index contributed by atoms with van der Waals surface area (Å²) in [5.74, 6) is -0.217. The molecule has 29 heavy (non-hydrogen) atoms. The Kier molecular flexibility index (Phi) is 4.60. The van der Waals surface area contributed by atoms with E-state index in [4.69, 9.17) is 0 Å². The summed E-state index contributed by atoms with van der Waals surface area (Å²) in [6.45, 7) is 3.70. The topological polar surface area (TPSA) is 62.3 Å². The molecule has 1 N–H and O–H groups in total. The summed E-state index contributed by atoms with van der Waals surface area (Å²) < 4.78 is 0. The molecule has 1 saturated heterocycles. The molecule has 1 aliphatic carbocycles. The third kappa shape index (κ3) is 3.12. The first kappa shape index (κ1) is 18.0. The van der Waals surface area contributed by atoms with Gasteiger partial charge >= 0.3 is 0 Å². The van der Waals surface area contributed by atoms with E-state index in [1.807, 2.05) is 42.5 Å². The maximum Gasteiger partial charge on any atom is 0.253 e. The van der Waals surface area contributed by atoms with Crippen molar-refractivity contribution in [2.24, 2.45) is 0 Å². The highest BCUT2D eigenvalue weighted by atomic mass is 16.1. The third-order valence-electron chi connectivity index (χ3n) is 6.00. The molecule has 0 bridgehead atoms. The van der Waals surface area contributed by atoms with Gasteiger partial charge in [-0.2, -0.15) is 0 Å². The van der Waals surface area contributed by atoms with E-state index in [1.54, 1.807) is 6.20 Å². The number of piperidine rings is 1. The molecule has 146 valence electrons. The molecule has 0 saturated carbocycles. The first-order valence-electron chi connectivity index (χ1n) is 10.3. The van der Waals surface area contributed by atoms with Crippen LogP contribution in [-0.2, 0) is 0 Å². The van der Waals surface area contributed by atoms with Crippen LogP contribution in [0.1, 0.15) is 45.7 Å². The zero-order chi connectivity index (χ0) is 19.8. The summed E-state index contributed by atoms with van der Waals surface area (Å²) in [7, 11) is 0. The van der Waals surface area contributed by atoms with Crippen LogP contribution in [0.2, 0.25) is 0 Å². The lowest BCUT2D eigenvalue weighted by molar-refractivity contribution is 0.0946. The zero-order valence-corrected chi connectivity index (χ0v) is 16.3.